The molecule has 0 radical (unpaired) electrons. The van der Waals surface area contributed by atoms with Crippen LogP contribution in [0.4, 0.5) is 5.13 Å². The van der Waals surface area contributed by atoms with E-state index >= 15 is 0 Å². The van der Waals surface area contributed by atoms with E-state index in [1.54, 1.807) is 5.38 Å². The number of carboxylic acid groups (broad SMARTS) is 1. The van der Waals surface area contributed by atoms with Gasteiger partial charge in [-0.3, -0.25) is 14.4 Å². The van der Waals surface area contributed by atoms with Gasteiger partial charge in [-0.1, -0.05) is 0 Å². The van der Waals surface area contributed by atoms with Crippen LogP contribution in [-0.2, 0) is 9.59 Å². The third-order valence-electron chi connectivity index (χ3n) is 2.61. The van der Waals surface area contributed by atoms with Crippen molar-refractivity contribution in [1.29, 1.82) is 0 Å². The first-order valence-corrected chi connectivity index (χ1v) is 7.26. The summed E-state index contributed by atoms with van der Waals surface area (Å²) in [6.07, 6.45) is -0.133. The minimum atomic E-state index is -0.964. The normalized spacial score (nSPS) is 11.0. The number of rotatable bonds is 5. The lowest BCUT2D eigenvalue weighted by Crippen LogP contribution is -2.46. The summed E-state index contributed by atoms with van der Waals surface area (Å²) in [6, 6.07) is 0. The molecule has 0 spiro atoms. The van der Waals surface area contributed by atoms with E-state index in [9.17, 15) is 14.4 Å². The lowest BCUT2D eigenvalue weighted by molar-refractivity contribution is -0.137. The Balaban J connectivity index is 2.91. The van der Waals surface area contributed by atoms with Crippen molar-refractivity contribution < 1.29 is 19.5 Å². The van der Waals surface area contributed by atoms with Crippen LogP contribution in [0.3, 0.4) is 0 Å². The van der Waals surface area contributed by atoms with Crippen molar-refractivity contribution in [3.05, 3.63) is 11.1 Å². The molecule has 116 valence electrons. The number of carbonyl (C=O) groups is 3. The second kappa shape index (κ2) is 6.66. The highest BCUT2D eigenvalue weighted by atomic mass is 32.1. The molecule has 1 aromatic heterocycles. The molecule has 2 amide bonds. The summed E-state index contributed by atoms with van der Waals surface area (Å²) in [4.78, 5) is 39.7. The summed E-state index contributed by atoms with van der Waals surface area (Å²) in [5.41, 5.74) is -0.325. The summed E-state index contributed by atoms with van der Waals surface area (Å²) < 4.78 is 0. The van der Waals surface area contributed by atoms with Gasteiger partial charge in [0.1, 0.15) is 5.69 Å². The molecule has 1 heterocycles. The summed E-state index contributed by atoms with van der Waals surface area (Å²) in [7, 11) is 0. The van der Waals surface area contributed by atoms with Crippen LogP contribution in [0, 0.1) is 0 Å². The standard InChI is InChI=1S/C13H19N3O4S/c1-8(17)14-12-15-9(7-21-12)11(20)16(13(2,3)4)6-5-10(18)19/h7H,5-6H2,1-4H3,(H,18,19)(H,14,15,17). The van der Waals surface area contributed by atoms with Crippen molar-refractivity contribution in [2.75, 3.05) is 11.9 Å². The molecule has 1 aromatic rings. The lowest BCUT2D eigenvalue weighted by Gasteiger charge is -2.34. The first-order chi connectivity index (χ1) is 9.61. The number of aromatic nitrogens is 1. The van der Waals surface area contributed by atoms with E-state index in [0.717, 1.165) is 11.3 Å². The van der Waals surface area contributed by atoms with Gasteiger partial charge in [0.05, 0.1) is 6.42 Å². The molecule has 21 heavy (non-hydrogen) atoms. The van der Waals surface area contributed by atoms with E-state index in [1.807, 2.05) is 20.8 Å². The van der Waals surface area contributed by atoms with Gasteiger partial charge in [0.25, 0.3) is 5.91 Å². The average Bonchev–Trinajstić information content (AvgIpc) is 2.74. The maximum atomic E-state index is 12.5. The Morgan fingerprint density at radius 3 is 2.48 bits per heavy atom. The van der Waals surface area contributed by atoms with Crippen LogP contribution in [0.1, 0.15) is 44.6 Å². The number of hydrogen-bond donors (Lipinski definition) is 2. The SMILES string of the molecule is CC(=O)Nc1nc(C(=O)N(CCC(=O)O)C(C)(C)C)cs1. The quantitative estimate of drug-likeness (QED) is 0.863. The van der Waals surface area contributed by atoms with Crippen molar-refractivity contribution >= 4 is 34.3 Å². The van der Waals surface area contributed by atoms with Crippen LogP contribution in [0.2, 0.25) is 0 Å². The van der Waals surface area contributed by atoms with Crippen LogP contribution in [0.5, 0.6) is 0 Å². The Hall–Kier alpha value is -1.96. The smallest absolute Gasteiger partial charge is 0.305 e. The van der Waals surface area contributed by atoms with Gasteiger partial charge in [0, 0.05) is 24.4 Å². The van der Waals surface area contributed by atoms with Gasteiger partial charge in [0.2, 0.25) is 5.91 Å². The third kappa shape index (κ3) is 5.14. The first kappa shape index (κ1) is 17.1. The minimum Gasteiger partial charge on any atom is -0.481 e. The molecule has 0 saturated carbocycles. The number of hydrogen-bond acceptors (Lipinski definition) is 5. The molecule has 1 rings (SSSR count). The van der Waals surface area contributed by atoms with Crippen molar-refractivity contribution in [1.82, 2.24) is 9.88 Å². The second-order valence-electron chi connectivity index (χ2n) is 5.49. The lowest BCUT2D eigenvalue weighted by atomic mass is 10.0. The molecule has 2 N–H and O–H groups in total. The number of nitrogens with one attached hydrogen (secondary N) is 1. The van der Waals surface area contributed by atoms with E-state index < -0.39 is 11.5 Å². The molecule has 0 aliphatic carbocycles. The molecule has 0 aliphatic rings. The number of carboxylic acids is 1. The maximum Gasteiger partial charge on any atom is 0.305 e. The van der Waals surface area contributed by atoms with Gasteiger partial charge >= 0.3 is 5.97 Å². The number of anilines is 1. The predicted octanol–water partition coefficient (Wildman–Crippen LogP) is 1.82. The molecule has 8 heteroatoms. The second-order valence-corrected chi connectivity index (χ2v) is 6.35. The van der Waals surface area contributed by atoms with Crippen LogP contribution in [0.25, 0.3) is 0 Å². The topological polar surface area (TPSA) is 99.6 Å². The van der Waals surface area contributed by atoms with Gasteiger partial charge in [-0.2, -0.15) is 0 Å². The van der Waals surface area contributed by atoms with Crippen LogP contribution in [-0.4, -0.2) is 44.9 Å². The van der Waals surface area contributed by atoms with Gasteiger partial charge in [-0.15, -0.1) is 11.3 Å². The summed E-state index contributed by atoms with van der Waals surface area (Å²) in [5, 5.41) is 13.2. The fraction of sp³-hybridized carbons (Fsp3) is 0.538. The fourth-order valence-electron chi connectivity index (χ4n) is 1.67. The van der Waals surface area contributed by atoms with E-state index in [1.165, 1.54) is 11.8 Å². The molecule has 7 nitrogen and oxygen atoms in total. The van der Waals surface area contributed by atoms with E-state index in [4.69, 9.17) is 5.11 Å². The fourth-order valence-corrected chi connectivity index (χ4v) is 2.40. The minimum absolute atomic E-state index is 0.102. The monoisotopic (exact) mass is 313 g/mol. The number of carbonyl (C=O) groups excluding carboxylic acids is 2. The molecule has 0 saturated heterocycles. The van der Waals surface area contributed by atoms with Crippen molar-refractivity contribution in [3.63, 3.8) is 0 Å². The Labute approximate surface area is 127 Å². The molecular formula is C13H19N3O4S. The highest BCUT2D eigenvalue weighted by molar-refractivity contribution is 7.14. The Bertz CT molecular complexity index is 548. The Morgan fingerprint density at radius 2 is 2.00 bits per heavy atom. The van der Waals surface area contributed by atoms with Crippen molar-refractivity contribution in [3.8, 4) is 0 Å². The van der Waals surface area contributed by atoms with Crippen molar-refractivity contribution in [2.24, 2.45) is 0 Å². The first-order valence-electron chi connectivity index (χ1n) is 6.38. The zero-order chi connectivity index (χ0) is 16.2. The van der Waals surface area contributed by atoms with Gasteiger partial charge in [-0.25, -0.2) is 4.98 Å². The molecule has 0 atom stereocenters. The molecule has 0 aliphatic heterocycles. The zero-order valence-electron chi connectivity index (χ0n) is 12.5. The van der Waals surface area contributed by atoms with Crippen LogP contribution >= 0.6 is 11.3 Å². The molecule has 0 fully saturated rings. The van der Waals surface area contributed by atoms with Crippen LogP contribution < -0.4 is 5.32 Å². The highest BCUT2D eigenvalue weighted by Gasteiger charge is 2.29. The largest absolute Gasteiger partial charge is 0.481 e. The Kier molecular flexibility index (Phi) is 5.42. The van der Waals surface area contributed by atoms with Gasteiger partial charge < -0.3 is 15.3 Å². The number of amides is 2. The molecule has 0 bridgehead atoms. The molecule has 0 aromatic carbocycles. The van der Waals surface area contributed by atoms with Crippen molar-refractivity contribution in [2.45, 2.75) is 39.7 Å². The molecular weight excluding hydrogens is 294 g/mol. The van der Waals surface area contributed by atoms with Gasteiger partial charge in [-0.05, 0) is 20.8 Å². The average molecular weight is 313 g/mol. The summed E-state index contributed by atoms with van der Waals surface area (Å²) >= 11 is 1.15. The summed E-state index contributed by atoms with van der Waals surface area (Å²) in [5.74, 6) is -1.58. The maximum absolute atomic E-state index is 12.5. The third-order valence-corrected chi connectivity index (χ3v) is 3.37. The zero-order valence-corrected chi connectivity index (χ0v) is 13.3. The number of aliphatic carboxylic acids is 1. The van der Waals surface area contributed by atoms with E-state index in [0.29, 0.717) is 5.13 Å². The van der Waals surface area contributed by atoms with E-state index in [2.05, 4.69) is 10.3 Å². The summed E-state index contributed by atoms with van der Waals surface area (Å²) in [6.45, 7) is 6.94. The Morgan fingerprint density at radius 1 is 1.38 bits per heavy atom. The van der Waals surface area contributed by atoms with Gasteiger partial charge in [0.15, 0.2) is 5.13 Å². The van der Waals surface area contributed by atoms with Crippen LogP contribution in [0.15, 0.2) is 5.38 Å². The highest BCUT2D eigenvalue weighted by Crippen LogP contribution is 2.21. The van der Waals surface area contributed by atoms with E-state index in [-0.39, 0.29) is 30.5 Å². The predicted molar refractivity (Wildman–Crippen MR) is 79.5 cm³/mol. The number of nitrogens with zero attached hydrogens (tertiary/aromatic N) is 2. The number of thiazole rings is 1. The molecule has 0 unspecified atom stereocenters.